The van der Waals surface area contributed by atoms with Crippen molar-refractivity contribution in [1.82, 2.24) is 4.90 Å². The fourth-order valence-electron chi connectivity index (χ4n) is 3.62. The number of rotatable bonds is 8. The molecular weight excluding hydrogens is 222 g/mol. The summed E-state index contributed by atoms with van der Waals surface area (Å²) in [7, 11) is 0. The van der Waals surface area contributed by atoms with Gasteiger partial charge in [-0.05, 0) is 45.2 Å². The van der Waals surface area contributed by atoms with Gasteiger partial charge in [0.25, 0.3) is 0 Å². The van der Waals surface area contributed by atoms with E-state index in [1.54, 1.807) is 0 Å². The summed E-state index contributed by atoms with van der Waals surface area (Å²) in [5.41, 5.74) is -0.0396. The van der Waals surface area contributed by atoms with Crippen LogP contribution in [0.1, 0.15) is 72.6 Å². The molecular formula is C16H33NO. The van der Waals surface area contributed by atoms with E-state index in [9.17, 15) is 5.11 Å². The van der Waals surface area contributed by atoms with Crippen LogP contribution in [0.25, 0.3) is 0 Å². The van der Waals surface area contributed by atoms with Crippen LogP contribution in [0.2, 0.25) is 0 Å². The van der Waals surface area contributed by atoms with E-state index in [0.29, 0.717) is 0 Å². The van der Waals surface area contributed by atoms with Gasteiger partial charge in [0.05, 0.1) is 6.10 Å². The number of aliphatic hydroxyl groups excluding tert-OH is 1. The predicted molar refractivity (Wildman–Crippen MR) is 78.8 cm³/mol. The molecule has 2 nitrogen and oxygen atoms in total. The molecule has 0 heterocycles. The second kappa shape index (κ2) is 7.49. The average molecular weight is 255 g/mol. The van der Waals surface area contributed by atoms with Gasteiger partial charge in [-0.3, -0.25) is 4.90 Å². The highest BCUT2D eigenvalue weighted by Crippen LogP contribution is 2.32. The van der Waals surface area contributed by atoms with E-state index < -0.39 is 0 Å². The van der Waals surface area contributed by atoms with Gasteiger partial charge in [-0.15, -0.1) is 0 Å². The summed E-state index contributed by atoms with van der Waals surface area (Å²) in [5, 5.41) is 10.6. The van der Waals surface area contributed by atoms with Crippen molar-refractivity contribution >= 4 is 0 Å². The first kappa shape index (κ1) is 16.0. The maximum absolute atomic E-state index is 10.6. The predicted octanol–water partition coefficient (Wildman–Crippen LogP) is 3.83. The molecule has 1 aliphatic carbocycles. The van der Waals surface area contributed by atoms with Crippen LogP contribution < -0.4 is 0 Å². The van der Waals surface area contributed by atoms with Crippen molar-refractivity contribution < 1.29 is 5.11 Å². The number of nitrogens with zero attached hydrogens (tertiary/aromatic N) is 1. The van der Waals surface area contributed by atoms with Gasteiger partial charge in [0.1, 0.15) is 0 Å². The van der Waals surface area contributed by atoms with Crippen molar-refractivity contribution in [2.75, 3.05) is 13.1 Å². The van der Waals surface area contributed by atoms with Crippen LogP contribution in [0.15, 0.2) is 0 Å². The Bertz CT molecular complexity index is 221. The van der Waals surface area contributed by atoms with Crippen LogP contribution >= 0.6 is 0 Å². The molecule has 2 atom stereocenters. The van der Waals surface area contributed by atoms with Crippen molar-refractivity contribution in [3.8, 4) is 0 Å². The first-order valence-electron chi connectivity index (χ1n) is 8.01. The minimum atomic E-state index is -0.178. The Hall–Kier alpha value is -0.0800. The van der Waals surface area contributed by atoms with Crippen LogP contribution in [0, 0.1) is 5.92 Å². The molecule has 0 bridgehead atoms. The summed E-state index contributed by atoms with van der Waals surface area (Å²) in [6, 6.07) is 0. The highest BCUT2D eigenvalue weighted by molar-refractivity contribution is 4.91. The van der Waals surface area contributed by atoms with Crippen LogP contribution in [0.3, 0.4) is 0 Å². The van der Waals surface area contributed by atoms with E-state index >= 15 is 0 Å². The molecule has 108 valence electrons. The first-order chi connectivity index (χ1) is 8.58. The molecule has 0 aromatic carbocycles. The molecule has 1 aliphatic rings. The fourth-order valence-corrected chi connectivity index (χ4v) is 3.62. The SMILES string of the molecule is CCN(CC)C(C)(CC)C(O)CCC1CCCC1. The zero-order chi connectivity index (χ0) is 13.6. The third-order valence-electron chi connectivity index (χ3n) is 5.24. The average Bonchev–Trinajstić information content (AvgIpc) is 2.90. The van der Waals surface area contributed by atoms with Crippen LogP contribution in [0.4, 0.5) is 0 Å². The highest BCUT2D eigenvalue weighted by Gasteiger charge is 2.35. The third-order valence-corrected chi connectivity index (χ3v) is 5.24. The van der Waals surface area contributed by atoms with Crippen molar-refractivity contribution in [2.45, 2.75) is 84.3 Å². The van der Waals surface area contributed by atoms with Gasteiger partial charge in [0.15, 0.2) is 0 Å². The zero-order valence-electron chi connectivity index (χ0n) is 12.9. The maximum atomic E-state index is 10.6. The number of aliphatic hydroxyl groups is 1. The molecule has 2 heteroatoms. The first-order valence-corrected chi connectivity index (χ1v) is 8.01. The Morgan fingerprint density at radius 3 is 2.17 bits per heavy atom. The largest absolute Gasteiger partial charge is 0.391 e. The molecule has 0 amide bonds. The van der Waals surface area contributed by atoms with E-state index in [1.165, 1.54) is 32.1 Å². The standard InChI is InChI=1S/C16H33NO/c1-5-16(4,17(6-2)7-3)15(18)13-12-14-10-8-9-11-14/h14-15,18H,5-13H2,1-4H3. The lowest BCUT2D eigenvalue weighted by atomic mass is 9.84. The number of hydrogen-bond donors (Lipinski definition) is 1. The van der Waals surface area contributed by atoms with Gasteiger partial charge in [-0.1, -0.05) is 46.5 Å². The summed E-state index contributed by atoms with van der Waals surface area (Å²) >= 11 is 0. The summed E-state index contributed by atoms with van der Waals surface area (Å²) < 4.78 is 0. The fraction of sp³-hybridized carbons (Fsp3) is 1.00. The third kappa shape index (κ3) is 3.71. The van der Waals surface area contributed by atoms with Crippen LogP contribution in [-0.2, 0) is 0 Å². The lowest BCUT2D eigenvalue weighted by Crippen LogP contribution is -2.54. The van der Waals surface area contributed by atoms with E-state index in [0.717, 1.165) is 31.8 Å². The van der Waals surface area contributed by atoms with Crippen molar-refractivity contribution in [2.24, 2.45) is 5.92 Å². The summed E-state index contributed by atoms with van der Waals surface area (Å²) in [6.45, 7) is 10.9. The van der Waals surface area contributed by atoms with E-state index in [2.05, 4.69) is 32.6 Å². The van der Waals surface area contributed by atoms with Crippen LogP contribution in [0.5, 0.6) is 0 Å². The molecule has 1 rings (SSSR count). The van der Waals surface area contributed by atoms with Gasteiger partial charge in [0, 0.05) is 5.54 Å². The monoisotopic (exact) mass is 255 g/mol. The highest BCUT2D eigenvalue weighted by atomic mass is 16.3. The Morgan fingerprint density at radius 2 is 1.72 bits per heavy atom. The quantitative estimate of drug-likeness (QED) is 0.712. The molecule has 0 aliphatic heterocycles. The Labute approximate surface area is 114 Å². The number of likely N-dealkylation sites (N-methyl/N-ethyl adjacent to an activating group) is 1. The van der Waals surface area contributed by atoms with Gasteiger partial charge >= 0.3 is 0 Å². The smallest absolute Gasteiger partial charge is 0.0721 e. The van der Waals surface area contributed by atoms with E-state index in [-0.39, 0.29) is 11.6 Å². The lowest BCUT2D eigenvalue weighted by Gasteiger charge is -2.43. The second-order valence-corrected chi connectivity index (χ2v) is 6.13. The van der Waals surface area contributed by atoms with Gasteiger partial charge in [0.2, 0.25) is 0 Å². The van der Waals surface area contributed by atoms with Crippen molar-refractivity contribution in [1.29, 1.82) is 0 Å². The molecule has 0 saturated heterocycles. The molecule has 2 unspecified atom stereocenters. The zero-order valence-corrected chi connectivity index (χ0v) is 12.9. The molecule has 0 aromatic rings. The van der Waals surface area contributed by atoms with Gasteiger partial charge < -0.3 is 5.11 Å². The molecule has 0 radical (unpaired) electrons. The molecule has 1 saturated carbocycles. The number of hydrogen-bond acceptors (Lipinski definition) is 2. The minimum absolute atomic E-state index is 0.0396. The lowest BCUT2D eigenvalue weighted by molar-refractivity contribution is -0.0263. The van der Waals surface area contributed by atoms with E-state index in [4.69, 9.17) is 0 Å². The molecule has 0 aromatic heterocycles. The van der Waals surface area contributed by atoms with Crippen molar-refractivity contribution in [3.63, 3.8) is 0 Å². The Kier molecular flexibility index (Phi) is 6.65. The molecule has 18 heavy (non-hydrogen) atoms. The van der Waals surface area contributed by atoms with Crippen LogP contribution in [-0.4, -0.2) is 34.7 Å². The summed E-state index contributed by atoms with van der Waals surface area (Å²) in [5.74, 6) is 0.887. The van der Waals surface area contributed by atoms with Gasteiger partial charge in [-0.2, -0.15) is 0 Å². The van der Waals surface area contributed by atoms with Gasteiger partial charge in [-0.25, -0.2) is 0 Å². The Morgan fingerprint density at radius 1 is 1.17 bits per heavy atom. The minimum Gasteiger partial charge on any atom is -0.391 e. The maximum Gasteiger partial charge on any atom is 0.0721 e. The summed E-state index contributed by atoms with van der Waals surface area (Å²) in [6.07, 6.45) is 8.64. The van der Waals surface area contributed by atoms with E-state index in [1.807, 2.05) is 0 Å². The Balaban J connectivity index is 2.51. The van der Waals surface area contributed by atoms with Crippen molar-refractivity contribution in [3.05, 3.63) is 0 Å². The molecule has 0 spiro atoms. The summed E-state index contributed by atoms with van der Waals surface area (Å²) in [4.78, 5) is 2.42. The second-order valence-electron chi connectivity index (χ2n) is 6.13. The molecule has 1 N–H and O–H groups in total. The topological polar surface area (TPSA) is 23.5 Å². The normalized spacial score (nSPS) is 22.3. The molecule has 1 fully saturated rings.